The molecule has 1 rings (SSSR count). The molecule has 0 aliphatic carbocycles. The van der Waals surface area contributed by atoms with Crippen LogP contribution >= 0.6 is 0 Å². The Kier molecular flexibility index (Phi) is 5.65. The summed E-state index contributed by atoms with van der Waals surface area (Å²) in [5, 5.41) is 2.55. The van der Waals surface area contributed by atoms with E-state index in [9.17, 15) is 18.0 Å². The van der Waals surface area contributed by atoms with Crippen LogP contribution in [0.1, 0.15) is 19.8 Å². The Morgan fingerprint density at radius 2 is 1.89 bits per heavy atom. The number of hydrogen-bond donors (Lipinski definition) is 2. The zero-order valence-corrected chi connectivity index (χ0v) is 11.4. The SMILES string of the molecule is CC(=O)Nc1ccc(S(=O)(=O)NCCCC=O)cc1. The van der Waals surface area contributed by atoms with Gasteiger partial charge in [0.25, 0.3) is 0 Å². The number of anilines is 1. The summed E-state index contributed by atoms with van der Waals surface area (Å²) in [6, 6.07) is 5.85. The van der Waals surface area contributed by atoms with Crippen LogP contribution in [0.4, 0.5) is 5.69 Å². The average molecular weight is 284 g/mol. The molecule has 1 aromatic rings. The molecule has 0 unspecified atom stereocenters. The van der Waals surface area contributed by atoms with Crippen molar-refractivity contribution in [3.05, 3.63) is 24.3 Å². The van der Waals surface area contributed by atoms with Gasteiger partial charge in [0.15, 0.2) is 0 Å². The van der Waals surface area contributed by atoms with E-state index in [1.807, 2.05) is 0 Å². The number of nitrogens with one attached hydrogen (secondary N) is 2. The lowest BCUT2D eigenvalue weighted by Crippen LogP contribution is -2.24. The molecule has 0 saturated carbocycles. The van der Waals surface area contributed by atoms with E-state index in [1.54, 1.807) is 0 Å². The van der Waals surface area contributed by atoms with Gasteiger partial charge in [-0.2, -0.15) is 0 Å². The quantitative estimate of drug-likeness (QED) is 0.575. The van der Waals surface area contributed by atoms with Gasteiger partial charge in [0.2, 0.25) is 15.9 Å². The van der Waals surface area contributed by atoms with Crippen molar-refractivity contribution in [3.8, 4) is 0 Å². The van der Waals surface area contributed by atoms with Gasteiger partial charge in [0.1, 0.15) is 6.29 Å². The first-order valence-corrected chi connectivity index (χ1v) is 7.25. The predicted octanol–water partition coefficient (Wildman–Crippen LogP) is 0.902. The molecule has 19 heavy (non-hydrogen) atoms. The van der Waals surface area contributed by atoms with E-state index in [1.165, 1.54) is 31.2 Å². The van der Waals surface area contributed by atoms with Crippen LogP contribution in [0.5, 0.6) is 0 Å². The molecule has 0 radical (unpaired) electrons. The molecule has 2 N–H and O–H groups in total. The molecule has 104 valence electrons. The second-order valence-electron chi connectivity index (χ2n) is 3.91. The fourth-order valence-electron chi connectivity index (χ4n) is 1.40. The molecule has 0 heterocycles. The Morgan fingerprint density at radius 1 is 1.26 bits per heavy atom. The van der Waals surface area contributed by atoms with E-state index in [4.69, 9.17) is 0 Å². The van der Waals surface area contributed by atoms with Crippen LogP contribution in [-0.2, 0) is 19.6 Å². The third-order valence-corrected chi connectivity index (χ3v) is 3.75. The highest BCUT2D eigenvalue weighted by Crippen LogP contribution is 2.13. The number of unbranched alkanes of at least 4 members (excludes halogenated alkanes) is 1. The summed E-state index contributed by atoms with van der Waals surface area (Å²) < 4.78 is 26.1. The standard InChI is InChI=1S/C12H16N2O4S/c1-10(16)14-11-4-6-12(7-5-11)19(17,18)13-8-2-3-9-15/h4-7,9,13H,2-3,8H2,1H3,(H,14,16). The first kappa shape index (κ1) is 15.3. The van der Waals surface area contributed by atoms with Gasteiger partial charge in [-0.25, -0.2) is 13.1 Å². The summed E-state index contributed by atoms with van der Waals surface area (Å²) in [5.41, 5.74) is 0.535. The molecule has 0 aromatic heterocycles. The molecule has 0 atom stereocenters. The Balaban J connectivity index is 2.68. The Bertz CT molecular complexity index is 537. The maximum Gasteiger partial charge on any atom is 0.240 e. The summed E-state index contributed by atoms with van der Waals surface area (Å²) in [7, 11) is -3.56. The maximum atomic E-state index is 11.8. The minimum atomic E-state index is -3.56. The minimum Gasteiger partial charge on any atom is -0.326 e. The minimum absolute atomic E-state index is 0.118. The van der Waals surface area contributed by atoms with Crippen molar-refractivity contribution >= 4 is 27.9 Å². The Morgan fingerprint density at radius 3 is 2.42 bits per heavy atom. The normalized spacial score (nSPS) is 11.0. The molecule has 0 saturated heterocycles. The highest BCUT2D eigenvalue weighted by atomic mass is 32.2. The Labute approximate surface area is 112 Å². The van der Waals surface area contributed by atoms with Gasteiger partial charge in [-0.1, -0.05) is 0 Å². The zero-order valence-electron chi connectivity index (χ0n) is 10.5. The van der Waals surface area contributed by atoms with Crippen LogP contribution in [0, 0.1) is 0 Å². The van der Waals surface area contributed by atoms with Gasteiger partial charge in [-0.15, -0.1) is 0 Å². The van der Waals surface area contributed by atoms with Crippen LogP contribution in [0.15, 0.2) is 29.2 Å². The number of sulfonamides is 1. The summed E-state index contributed by atoms with van der Waals surface area (Å²) in [4.78, 5) is 21.1. The van der Waals surface area contributed by atoms with Gasteiger partial charge in [0, 0.05) is 25.6 Å². The van der Waals surface area contributed by atoms with Gasteiger partial charge in [0.05, 0.1) is 4.90 Å². The van der Waals surface area contributed by atoms with Gasteiger partial charge in [-0.3, -0.25) is 4.79 Å². The predicted molar refractivity (Wildman–Crippen MR) is 71.2 cm³/mol. The van der Waals surface area contributed by atoms with Crippen LogP contribution in [-0.4, -0.2) is 27.2 Å². The van der Waals surface area contributed by atoms with Crippen LogP contribution in [0.2, 0.25) is 0 Å². The molecule has 6 nitrogen and oxygen atoms in total. The maximum absolute atomic E-state index is 11.8. The number of benzene rings is 1. The number of hydrogen-bond acceptors (Lipinski definition) is 4. The third kappa shape index (κ3) is 5.19. The van der Waals surface area contributed by atoms with Crippen molar-refractivity contribution in [2.75, 3.05) is 11.9 Å². The van der Waals surface area contributed by atoms with Crippen molar-refractivity contribution in [2.45, 2.75) is 24.7 Å². The van der Waals surface area contributed by atoms with E-state index in [2.05, 4.69) is 10.0 Å². The average Bonchev–Trinajstić information content (AvgIpc) is 2.35. The number of amides is 1. The number of carbonyl (C=O) groups is 2. The van der Waals surface area contributed by atoms with E-state index >= 15 is 0 Å². The fraction of sp³-hybridized carbons (Fsp3) is 0.333. The lowest BCUT2D eigenvalue weighted by molar-refractivity contribution is -0.114. The van der Waals surface area contributed by atoms with Crippen molar-refractivity contribution in [3.63, 3.8) is 0 Å². The second kappa shape index (κ2) is 7.01. The molecular weight excluding hydrogens is 268 g/mol. The monoisotopic (exact) mass is 284 g/mol. The highest BCUT2D eigenvalue weighted by molar-refractivity contribution is 7.89. The smallest absolute Gasteiger partial charge is 0.240 e. The van der Waals surface area contributed by atoms with Crippen LogP contribution in [0.25, 0.3) is 0 Å². The molecule has 1 aromatic carbocycles. The topological polar surface area (TPSA) is 92.3 Å². The summed E-state index contributed by atoms with van der Waals surface area (Å²) >= 11 is 0. The fourth-order valence-corrected chi connectivity index (χ4v) is 2.47. The lowest BCUT2D eigenvalue weighted by Gasteiger charge is -2.07. The van der Waals surface area contributed by atoms with Gasteiger partial charge >= 0.3 is 0 Å². The van der Waals surface area contributed by atoms with E-state index in [0.29, 0.717) is 18.5 Å². The highest BCUT2D eigenvalue weighted by Gasteiger charge is 2.12. The molecule has 0 spiro atoms. The molecule has 1 amide bonds. The van der Waals surface area contributed by atoms with Crippen LogP contribution < -0.4 is 10.0 Å². The lowest BCUT2D eigenvalue weighted by atomic mass is 10.3. The largest absolute Gasteiger partial charge is 0.326 e. The number of rotatable bonds is 7. The van der Waals surface area contributed by atoms with E-state index in [0.717, 1.165) is 6.29 Å². The zero-order chi connectivity index (χ0) is 14.3. The molecule has 0 fully saturated rings. The van der Waals surface area contributed by atoms with Gasteiger partial charge < -0.3 is 10.1 Å². The number of carbonyl (C=O) groups excluding carboxylic acids is 2. The van der Waals surface area contributed by atoms with Crippen LogP contribution in [0.3, 0.4) is 0 Å². The summed E-state index contributed by atoms with van der Waals surface area (Å²) in [6.07, 6.45) is 1.53. The second-order valence-corrected chi connectivity index (χ2v) is 5.68. The first-order chi connectivity index (χ1) is 8.95. The summed E-state index contributed by atoms with van der Waals surface area (Å²) in [6.45, 7) is 1.59. The molecule has 0 aliphatic rings. The van der Waals surface area contributed by atoms with Crippen molar-refractivity contribution in [2.24, 2.45) is 0 Å². The van der Waals surface area contributed by atoms with Crippen molar-refractivity contribution in [1.29, 1.82) is 0 Å². The molecule has 7 heteroatoms. The summed E-state index contributed by atoms with van der Waals surface area (Å²) in [5.74, 6) is -0.220. The van der Waals surface area contributed by atoms with E-state index in [-0.39, 0.29) is 17.3 Å². The van der Waals surface area contributed by atoms with Gasteiger partial charge in [-0.05, 0) is 30.7 Å². The van der Waals surface area contributed by atoms with Crippen molar-refractivity contribution < 1.29 is 18.0 Å². The van der Waals surface area contributed by atoms with E-state index < -0.39 is 10.0 Å². The Hall–Kier alpha value is -1.73. The third-order valence-electron chi connectivity index (χ3n) is 2.28. The molecule has 0 bridgehead atoms. The first-order valence-electron chi connectivity index (χ1n) is 5.76. The van der Waals surface area contributed by atoms with Crippen molar-refractivity contribution in [1.82, 2.24) is 4.72 Å². The number of aldehydes is 1. The molecular formula is C12H16N2O4S. The molecule has 0 aliphatic heterocycles.